The maximum atomic E-state index is 5.10. The molecular weight excluding hydrogens is 633 g/mol. The number of hydrogen-bond acceptors (Lipinski definition) is 10. The molecule has 2 aromatic carbocycles. The number of benzene rings is 2. The minimum absolute atomic E-state index is 0.0630. The summed E-state index contributed by atoms with van der Waals surface area (Å²) < 4.78 is 0. The second-order valence-electron chi connectivity index (χ2n) is 14.5. The molecule has 4 heterocycles. The van der Waals surface area contributed by atoms with Crippen LogP contribution in [0.5, 0.6) is 0 Å². The minimum atomic E-state index is 0.0630. The Morgan fingerprint density at radius 2 is 0.627 bits per heavy atom. The zero-order valence-electron chi connectivity index (χ0n) is 31.2. The van der Waals surface area contributed by atoms with E-state index in [0.29, 0.717) is 29.1 Å². The van der Waals surface area contributed by atoms with Crippen molar-refractivity contribution in [3.05, 3.63) is 96.1 Å². The van der Waals surface area contributed by atoms with E-state index in [1.165, 1.54) is 0 Å². The molecule has 0 saturated carbocycles. The molecule has 0 amide bonds. The predicted octanol–water partition coefficient (Wildman–Crippen LogP) is 9.59. The lowest BCUT2D eigenvalue weighted by molar-refractivity contribution is 0.697. The smallest absolute Gasteiger partial charge is 0.163 e. The van der Waals surface area contributed by atoms with Crippen LogP contribution >= 0.6 is 0 Å². The van der Waals surface area contributed by atoms with E-state index in [0.717, 1.165) is 56.7 Å². The third kappa shape index (κ3) is 8.01. The number of aromatic nitrogens is 10. The fraction of sp³-hybridized carbons (Fsp3) is 0.366. The Bertz CT molecular complexity index is 2100. The van der Waals surface area contributed by atoms with Crippen molar-refractivity contribution in [1.29, 1.82) is 0 Å². The molecule has 0 aliphatic heterocycles. The summed E-state index contributed by atoms with van der Waals surface area (Å²) in [6.45, 7) is 21.0. The lowest BCUT2D eigenvalue weighted by Crippen LogP contribution is -2.08. The maximum absolute atomic E-state index is 5.10. The molecule has 0 bridgehead atoms. The van der Waals surface area contributed by atoms with Crippen LogP contribution in [0, 0.1) is 0 Å². The Labute approximate surface area is 300 Å². The summed E-state index contributed by atoms with van der Waals surface area (Å²) in [4.78, 5) is 48.4. The molecule has 0 aliphatic rings. The molecule has 4 aromatic heterocycles. The second-order valence-corrected chi connectivity index (χ2v) is 14.5. The molecule has 10 heteroatoms. The zero-order valence-corrected chi connectivity index (χ0v) is 31.2. The van der Waals surface area contributed by atoms with Gasteiger partial charge in [-0.25, -0.2) is 44.9 Å². The summed E-state index contributed by atoms with van der Waals surface area (Å²) in [7, 11) is 0. The van der Waals surface area contributed by atoms with Gasteiger partial charge in [0.15, 0.2) is 23.3 Å². The summed E-state index contributed by atoms with van der Waals surface area (Å²) in [6, 6.07) is 18.4. The van der Waals surface area contributed by atoms with E-state index in [1.807, 2.05) is 30.3 Å². The van der Waals surface area contributed by atoms with Gasteiger partial charge in [-0.1, -0.05) is 87.4 Å². The van der Waals surface area contributed by atoms with Crippen LogP contribution < -0.4 is 0 Å². The van der Waals surface area contributed by atoms with Gasteiger partial charge in [0.2, 0.25) is 0 Å². The lowest BCUT2D eigenvalue weighted by atomic mass is 9.99. The lowest BCUT2D eigenvalue weighted by Gasteiger charge is -2.15. The van der Waals surface area contributed by atoms with Crippen LogP contribution in [0.3, 0.4) is 0 Å². The topological polar surface area (TPSA) is 129 Å². The highest BCUT2D eigenvalue weighted by molar-refractivity contribution is 5.78. The summed E-state index contributed by atoms with van der Waals surface area (Å²) in [6.07, 6.45) is 3.59. The number of pyridine rings is 1. The van der Waals surface area contributed by atoms with E-state index in [2.05, 4.69) is 98.5 Å². The van der Waals surface area contributed by atoms with E-state index >= 15 is 0 Å². The van der Waals surface area contributed by atoms with Crippen LogP contribution in [0.4, 0.5) is 0 Å². The van der Waals surface area contributed by atoms with Gasteiger partial charge in [0.1, 0.15) is 29.1 Å². The van der Waals surface area contributed by atoms with Crippen molar-refractivity contribution in [3.63, 3.8) is 0 Å². The first-order chi connectivity index (χ1) is 24.4. The van der Waals surface area contributed by atoms with E-state index < -0.39 is 0 Å². The van der Waals surface area contributed by atoms with Crippen LogP contribution in [0.1, 0.15) is 128 Å². The Morgan fingerprint density at radius 1 is 0.314 bits per heavy atom. The molecular formula is C41H46N10. The normalized spacial score (nSPS) is 11.8. The highest BCUT2D eigenvalue weighted by Gasteiger charge is 2.19. The van der Waals surface area contributed by atoms with E-state index in [-0.39, 0.29) is 29.6 Å². The summed E-state index contributed by atoms with van der Waals surface area (Å²) in [5.74, 6) is 6.91. The molecule has 0 saturated heterocycles. The average Bonchev–Trinajstić information content (AvgIpc) is 3.14. The van der Waals surface area contributed by atoms with Gasteiger partial charge in [-0.15, -0.1) is 0 Å². The van der Waals surface area contributed by atoms with Gasteiger partial charge in [-0.05, 0) is 47.5 Å². The van der Waals surface area contributed by atoms with Crippen LogP contribution in [-0.2, 0) is 0 Å². The van der Waals surface area contributed by atoms with Gasteiger partial charge in [0.25, 0.3) is 0 Å². The van der Waals surface area contributed by atoms with Crippen LogP contribution in [0.15, 0.2) is 67.0 Å². The monoisotopic (exact) mass is 678 g/mol. The van der Waals surface area contributed by atoms with Crippen LogP contribution in [0.25, 0.3) is 56.7 Å². The largest absolute Gasteiger partial charge is 0.265 e. The van der Waals surface area contributed by atoms with Gasteiger partial charge in [-0.3, -0.25) is 4.98 Å². The summed E-state index contributed by atoms with van der Waals surface area (Å²) >= 11 is 0. The first kappa shape index (κ1) is 35.4. The van der Waals surface area contributed by atoms with Crippen LogP contribution in [0.2, 0.25) is 0 Å². The SMILES string of the molecule is CC(C)c1nc(-c2cccc(-c3nc(C(C)C)nc(C(C)C)n3)c2)nc(-c2cc(-c3ccncc3)cc(-c3nc(C(C)C)nc(C(C)C)n3)c2)n1. The molecule has 0 N–H and O–H groups in total. The van der Waals surface area contributed by atoms with E-state index in [1.54, 1.807) is 12.4 Å². The molecule has 260 valence electrons. The van der Waals surface area contributed by atoms with Crippen molar-refractivity contribution < 1.29 is 0 Å². The average molecular weight is 679 g/mol. The van der Waals surface area contributed by atoms with Gasteiger partial charge < -0.3 is 0 Å². The van der Waals surface area contributed by atoms with Crippen molar-refractivity contribution in [2.45, 2.75) is 98.8 Å². The van der Waals surface area contributed by atoms with E-state index in [9.17, 15) is 0 Å². The molecule has 51 heavy (non-hydrogen) atoms. The van der Waals surface area contributed by atoms with Crippen LogP contribution in [-0.4, -0.2) is 49.8 Å². The van der Waals surface area contributed by atoms with Crippen molar-refractivity contribution in [2.75, 3.05) is 0 Å². The minimum Gasteiger partial charge on any atom is -0.265 e. The molecule has 10 nitrogen and oxygen atoms in total. The Balaban J connectivity index is 1.53. The van der Waals surface area contributed by atoms with Gasteiger partial charge >= 0.3 is 0 Å². The predicted molar refractivity (Wildman–Crippen MR) is 202 cm³/mol. The number of nitrogens with zero attached hydrogens (tertiary/aromatic N) is 10. The molecule has 0 fully saturated rings. The highest BCUT2D eigenvalue weighted by Crippen LogP contribution is 2.33. The fourth-order valence-corrected chi connectivity index (χ4v) is 5.41. The molecule has 6 rings (SSSR count). The number of hydrogen-bond donors (Lipinski definition) is 0. The Hall–Kier alpha value is -5.38. The fourth-order valence-electron chi connectivity index (χ4n) is 5.41. The number of rotatable bonds is 10. The van der Waals surface area contributed by atoms with Gasteiger partial charge in [-0.2, -0.15) is 0 Å². The first-order valence-corrected chi connectivity index (χ1v) is 17.8. The third-order valence-corrected chi connectivity index (χ3v) is 8.42. The Morgan fingerprint density at radius 3 is 1.04 bits per heavy atom. The van der Waals surface area contributed by atoms with E-state index in [4.69, 9.17) is 44.9 Å². The second kappa shape index (κ2) is 14.8. The molecule has 0 unspecified atom stereocenters. The zero-order chi connectivity index (χ0) is 36.4. The summed E-state index contributed by atoms with van der Waals surface area (Å²) in [5, 5.41) is 0. The molecule has 6 aromatic rings. The Kier molecular flexibility index (Phi) is 10.3. The van der Waals surface area contributed by atoms with Gasteiger partial charge in [0.05, 0.1) is 0 Å². The maximum Gasteiger partial charge on any atom is 0.163 e. The molecule has 0 aliphatic carbocycles. The van der Waals surface area contributed by atoms with Crippen molar-refractivity contribution in [1.82, 2.24) is 49.8 Å². The quantitative estimate of drug-likeness (QED) is 0.138. The molecule has 0 spiro atoms. The van der Waals surface area contributed by atoms with Crippen molar-refractivity contribution >= 4 is 0 Å². The molecule has 0 atom stereocenters. The van der Waals surface area contributed by atoms with Gasteiger partial charge in [0, 0.05) is 64.2 Å². The summed E-state index contributed by atoms with van der Waals surface area (Å²) in [5.41, 5.74) is 5.42. The van der Waals surface area contributed by atoms with Crippen molar-refractivity contribution in [2.24, 2.45) is 0 Å². The first-order valence-electron chi connectivity index (χ1n) is 17.8. The molecule has 0 radical (unpaired) electrons. The van der Waals surface area contributed by atoms with Crippen molar-refractivity contribution in [3.8, 4) is 56.7 Å². The third-order valence-electron chi connectivity index (χ3n) is 8.42. The standard InChI is InChI=1S/C41H46N10/c1-22(2)33-43-34(23(3)4)46-38(45-33)28-12-11-13-29(18-28)39-47-37(26(9)10)50-41(51-39)32-20-30(27-14-16-42-17-15-27)19-31(21-32)40-48-35(24(5)6)44-36(49-40)25(7)8/h11-26H,1-10H3. The highest BCUT2D eigenvalue weighted by atomic mass is 15.1.